The van der Waals surface area contributed by atoms with Crippen molar-refractivity contribution in [3.05, 3.63) is 30.1 Å². The molecule has 3 fully saturated rings. The number of carbonyl (C=O) groups is 2. The van der Waals surface area contributed by atoms with Gasteiger partial charge in [0.05, 0.1) is 37.9 Å². The van der Waals surface area contributed by atoms with Crippen LogP contribution in [0.15, 0.2) is 24.5 Å². The van der Waals surface area contributed by atoms with Gasteiger partial charge < -0.3 is 24.8 Å². The first kappa shape index (κ1) is 20.3. The Morgan fingerprint density at radius 2 is 1.97 bits per heavy atom. The van der Waals surface area contributed by atoms with Crippen molar-refractivity contribution in [1.29, 1.82) is 0 Å². The molecule has 29 heavy (non-hydrogen) atoms. The maximum Gasteiger partial charge on any atom is 0.226 e. The highest BCUT2D eigenvalue weighted by Gasteiger charge is 2.43. The van der Waals surface area contributed by atoms with E-state index in [0.717, 1.165) is 24.8 Å². The summed E-state index contributed by atoms with van der Waals surface area (Å²) < 4.78 is 11.8. The van der Waals surface area contributed by atoms with E-state index in [4.69, 9.17) is 9.47 Å². The Labute approximate surface area is 170 Å². The number of aromatic nitrogens is 1. The molecule has 1 aliphatic carbocycles. The number of β-amino-alcohol motifs (C(OH)–C–C–N with tert-alkyl or cyclic N) is 1. The number of aliphatic hydroxyl groups is 1. The van der Waals surface area contributed by atoms with Gasteiger partial charge in [-0.1, -0.05) is 0 Å². The van der Waals surface area contributed by atoms with Crippen LogP contribution in [0.25, 0.3) is 0 Å². The second-order valence-electron chi connectivity index (χ2n) is 8.23. The molecule has 3 aliphatic rings. The van der Waals surface area contributed by atoms with Crippen LogP contribution in [-0.4, -0.2) is 70.9 Å². The van der Waals surface area contributed by atoms with E-state index in [1.165, 1.54) is 0 Å². The van der Waals surface area contributed by atoms with E-state index in [2.05, 4.69) is 10.3 Å². The lowest BCUT2D eigenvalue weighted by atomic mass is 9.94. The molecule has 4 rings (SSSR count). The van der Waals surface area contributed by atoms with Gasteiger partial charge in [-0.3, -0.25) is 14.6 Å². The molecule has 2 N–H and O–H groups in total. The number of aliphatic hydroxyl groups excluding tert-OH is 1. The van der Waals surface area contributed by atoms with Gasteiger partial charge >= 0.3 is 0 Å². The molecule has 2 amide bonds. The highest BCUT2D eigenvalue weighted by atomic mass is 16.5. The summed E-state index contributed by atoms with van der Waals surface area (Å²) in [5, 5.41) is 13.1. The van der Waals surface area contributed by atoms with Gasteiger partial charge in [-0.15, -0.1) is 0 Å². The van der Waals surface area contributed by atoms with Crippen molar-refractivity contribution < 1.29 is 24.2 Å². The average molecular weight is 403 g/mol. The number of nitrogens with zero attached hydrogens (tertiary/aromatic N) is 2. The van der Waals surface area contributed by atoms with E-state index in [9.17, 15) is 14.7 Å². The molecule has 3 heterocycles. The summed E-state index contributed by atoms with van der Waals surface area (Å²) >= 11 is 0. The molecule has 4 atom stereocenters. The summed E-state index contributed by atoms with van der Waals surface area (Å²) in [6, 6.07) is 3.63. The van der Waals surface area contributed by atoms with Gasteiger partial charge in [0.1, 0.15) is 6.10 Å². The van der Waals surface area contributed by atoms with Crippen molar-refractivity contribution in [2.75, 3.05) is 19.8 Å². The third kappa shape index (κ3) is 5.32. The number of hydrogen-bond donors (Lipinski definition) is 2. The standard InChI is InChI=1S/C21H29N3O5/c25-16-11-24(21(27)15-1-2-15)18-4-3-17(29-19(18)13-28-12-16)9-20(26)23-10-14-5-7-22-8-6-14/h5-8,15-19,25H,1-4,9-13H2,(H,23,26)/t16-,17-,18-,19+/m0/s1. The second-order valence-corrected chi connectivity index (χ2v) is 8.23. The maximum atomic E-state index is 12.8. The van der Waals surface area contributed by atoms with Crippen LogP contribution in [0.4, 0.5) is 0 Å². The molecule has 2 saturated heterocycles. The fourth-order valence-electron chi connectivity index (χ4n) is 4.14. The third-order valence-corrected chi connectivity index (χ3v) is 5.84. The minimum absolute atomic E-state index is 0.0571. The van der Waals surface area contributed by atoms with Gasteiger partial charge in [-0.2, -0.15) is 0 Å². The Kier molecular flexibility index (Phi) is 6.42. The number of nitrogens with one attached hydrogen (secondary N) is 1. The number of carbonyl (C=O) groups excluding carboxylic acids is 2. The third-order valence-electron chi connectivity index (χ3n) is 5.84. The smallest absolute Gasteiger partial charge is 0.226 e. The number of hydrogen-bond acceptors (Lipinski definition) is 6. The molecule has 0 aromatic carbocycles. The number of pyridine rings is 1. The number of amides is 2. The summed E-state index contributed by atoms with van der Waals surface area (Å²) in [6.07, 6.45) is 5.87. The fraction of sp³-hybridized carbons (Fsp3) is 0.667. The van der Waals surface area contributed by atoms with Crippen LogP contribution in [0.5, 0.6) is 0 Å². The topological polar surface area (TPSA) is 101 Å². The second kappa shape index (κ2) is 9.19. The summed E-state index contributed by atoms with van der Waals surface area (Å²) in [4.78, 5) is 30.9. The first-order valence-corrected chi connectivity index (χ1v) is 10.5. The van der Waals surface area contributed by atoms with E-state index >= 15 is 0 Å². The van der Waals surface area contributed by atoms with E-state index in [1.807, 2.05) is 17.0 Å². The van der Waals surface area contributed by atoms with Gasteiger partial charge in [0.15, 0.2) is 0 Å². The minimum Gasteiger partial charge on any atom is -0.389 e. The summed E-state index contributed by atoms with van der Waals surface area (Å²) in [6.45, 7) is 1.27. The minimum atomic E-state index is -0.671. The Bertz CT molecular complexity index is 712. The fourth-order valence-corrected chi connectivity index (χ4v) is 4.14. The first-order valence-electron chi connectivity index (χ1n) is 10.5. The number of ether oxygens (including phenoxy) is 2. The molecule has 1 aromatic rings. The van der Waals surface area contributed by atoms with Gasteiger partial charge in [-0.25, -0.2) is 0 Å². The molecule has 2 aliphatic heterocycles. The van der Waals surface area contributed by atoms with Crippen molar-refractivity contribution in [2.45, 2.75) is 63.0 Å². The molecule has 0 spiro atoms. The van der Waals surface area contributed by atoms with Crippen molar-refractivity contribution in [3.63, 3.8) is 0 Å². The van der Waals surface area contributed by atoms with E-state index in [1.54, 1.807) is 12.4 Å². The lowest BCUT2D eigenvalue weighted by Gasteiger charge is -2.44. The van der Waals surface area contributed by atoms with Gasteiger partial charge in [0, 0.05) is 31.4 Å². The molecule has 1 saturated carbocycles. The summed E-state index contributed by atoms with van der Waals surface area (Å²) in [5.41, 5.74) is 0.999. The monoisotopic (exact) mass is 403 g/mol. The van der Waals surface area contributed by atoms with Crippen LogP contribution in [0.3, 0.4) is 0 Å². The van der Waals surface area contributed by atoms with Crippen LogP contribution in [0.1, 0.15) is 37.7 Å². The van der Waals surface area contributed by atoms with Crippen LogP contribution in [-0.2, 0) is 25.6 Å². The zero-order valence-electron chi connectivity index (χ0n) is 16.5. The molecular formula is C21H29N3O5. The summed E-state index contributed by atoms with van der Waals surface area (Å²) in [7, 11) is 0. The molecule has 1 aromatic heterocycles. The lowest BCUT2D eigenvalue weighted by molar-refractivity contribution is -0.170. The number of rotatable bonds is 5. The first-order chi connectivity index (χ1) is 14.1. The summed E-state index contributed by atoms with van der Waals surface area (Å²) in [5.74, 6) is 0.163. The molecule has 8 heteroatoms. The van der Waals surface area contributed by atoms with Crippen molar-refractivity contribution in [1.82, 2.24) is 15.2 Å². The molecule has 0 unspecified atom stereocenters. The van der Waals surface area contributed by atoms with Crippen LogP contribution < -0.4 is 5.32 Å². The van der Waals surface area contributed by atoms with E-state index in [-0.39, 0.29) is 55.6 Å². The van der Waals surface area contributed by atoms with Crippen LogP contribution in [0, 0.1) is 5.92 Å². The quantitative estimate of drug-likeness (QED) is 0.748. The SMILES string of the molecule is O=C(C[C@@H]1CC[C@H]2[C@@H](COC[C@@H](O)CN2C(=O)C2CC2)O1)NCc1ccncc1. The normalized spacial score (nSPS) is 30.0. The van der Waals surface area contributed by atoms with Crippen molar-refractivity contribution in [3.8, 4) is 0 Å². The molecule has 0 radical (unpaired) electrons. The van der Waals surface area contributed by atoms with Crippen molar-refractivity contribution >= 4 is 11.8 Å². The average Bonchev–Trinajstić information content (AvgIpc) is 3.55. The zero-order valence-corrected chi connectivity index (χ0v) is 16.5. The Morgan fingerprint density at radius 3 is 2.72 bits per heavy atom. The maximum absolute atomic E-state index is 12.8. The molecule has 0 bridgehead atoms. The van der Waals surface area contributed by atoms with Crippen LogP contribution in [0.2, 0.25) is 0 Å². The molecule has 8 nitrogen and oxygen atoms in total. The van der Waals surface area contributed by atoms with E-state index < -0.39 is 6.10 Å². The lowest BCUT2D eigenvalue weighted by Crippen LogP contribution is -2.57. The molecular weight excluding hydrogens is 374 g/mol. The van der Waals surface area contributed by atoms with Gasteiger partial charge in [0.25, 0.3) is 0 Å². The predicted octanol–water partition coefficient (Wildman–Crippen LogP) is 0.634. The Morgan fingerprint density at radius 1 is 1.17 bits per heavy atom. The Balaban J connectivity index is 1.32. The van der Waals surface area contributed by atoms with E-state index in [0.29, 0.717) is 19.6 Å². The largest absolute Gasteiger partial charge is 0.389 e. The van der Waals surface area contributed by atoms with Gasteiger partial charge in [0.2, 0.25) is 11.8 Å². The van der Waals surface area contributed by atoms with Crippen molar-refractivity contribution in [2.24, 2.45) is 5.92 Å². The zero-order chi connectivity index (χ0) is 20.2. The number of fused-ring (bicyclic) bond motifs is 1. The predicted molar refractivity (Wildman–Crippen MR) is 104 cm³/mol. The molecule has 158 valence electrons. The van der Waals surface area contributed by atoms with Crippen LogP contribution >= 0.6 is 0 Å². The Hall–Kier alpha value is -2.03. The highest BCUT2D eigenvalue weighted by molar-refractivity contribution is 5.81. The van der Waals surface area contributed by atoms with Gasteiger partial charge in [-0.05, 0) is 43.4 Å². The highest BCUT2D eigenvalue weighted by Crippen LogP contribution is 2.35.